The minimum absolute atomic E-state index is 0.277. The van der Waals surface area contributed by atoms with Crippen LogP contribution in [0.5, 0.6) is 0 Å². The third-order valence-electron chi connectivity index (χ3n) is 3.14. The zero-order chi connectivity index (χ0) is 12.9. The minimum Gasteiger partial charge on any atom is -0.314 e. The summed E-state index contributed by atoms with van der Waals surface area (Å²) in [5.74, 6) is 0.784. The maximum Gasteiger partial charge on any atom is 0.214 e. The van der Waals surface area contributed by atoms with E-state index in [1.165, 1.54) is 0 Å². The van der Waals surface area contributed by atoms with E-state index in [4.69, 9.17) is 0 Å². The average Bonchev–Trinajstić information content (AvgIpc) is 2.24. The minimum atomic E-state index is -3.02. The zero-order valence-electron chi connectivity index (χ0n) is 11.3. The molecule has 4 nitrogen and oxygen atoms in total. The van der Waals surface area contributed by atoms with Crippen molar-refractivity contribution in [2.45, 2.75) is 46.1 Å². The number of rotatable bonds is 6. The van der Waals surface area contributed by atoms with Crippen molar-refractivity contribution in [3.63, 3.8) is 0 Å². The van der Waals surface area contributed by atoms with Gasteiger partial charge in [0.2, 0.25) is 10.0 Å². The quantitative estimate of drug-likeness (QED) is 0.737. The number of nitrogens with zero attached hydrogens (tertiary/aromatic N) is 1. The molecule has 0 aromatic carbocycles. The standard InChI is InChI=1S/C12H26N2O2S/c1-11(2)13-7-5-9-17(15,16)14-8-4-6-12(3)10-14/h11-13H,4-10H2,1-3H3. The van der Waals surface area contributed by atoms with Crippen molar-refractivity contribution in [3.05, 3.63) is 0 Å². The lowest BCUT2D eigenvalue weighted by atomic mass is 10.0. The lowest BCUT2D eigenvalue weighted by Crippen LogP contribution is -2.40. The summed E-state index contributed by atoms with van der Waals surface area (Å²) >= 11 is 0. The third kappa shape index (κ3) is 5.36. The zero-order valence-corrected chi connectivity index (χ0v) is 12.1. The lowest BCUT2D eigenvalue weighted by molar-refractivity contribution is 0.281. The van der Waals surface area contributed by atoms with Gasteiger partial charge in [-0.05, 0) is 31.7 Å². The second-order valence-electron chi connectivity index (χ2n) is 5.38. The van der Waals surface area contributed by atoms with Crippen LogP contribution >= 0.6 is 0 Å². The van der Waals surface area contributed by atoms with Crippen LogP contribution in [0.15, 0.2) is 0 Å². The van der Waals surface area contributed by atoms with Gasteiger partial charge in [-0.15, -0.1) is 0 Å². The maximum absolute atomic E-state index is 12.1. The van der Waals surface area contributed by atoms with E-state index in [-0.39, 0.29) is 5.75 Å². The molecule has 0 bridgehead atoms. The number of piperidine rings is 1. The third-order valence-corrected chi connectivity index (χ3v) is 5.07. The van der Waals surface area contributed by atoms with Crippen molar-refractivity contribution in [2.24, 2.45) is 5.92 Å². The maximum atomic E-state index is 12.1. The van der Waals surface area contributed by atoms with Gasteiger partial charge in [-0.2, -0.15) is 0 Å². The van der Waals surface area contributed by atoms with Crippen LogP contribution in [0.2, 0.25) is 0 Å². The first-order valence-electron chi connectivity index (χ1n) is 6.63. The Morgan fingerprint density at radius 3 is 2.71 bits per heavy atom. The van der Waals surface area contributed by atoms with E-state index in [0.29, 0.717) is 31.5 Å². The average molecular weight is 262 g/mol. The van der Waals surface area contributed by atoms with E-state index in [1.807, 2.05) is 0 Å². The van der Waals surface area contributed by atoms with E-state index < -0.39 is 10.0 Å². The SMILES string of the molecule is CC1CCCN(S(=O)(=O)CCCNC(C)C)C1. The van der Waals surface area contributed by atoms with Crippen LogP contribution in [0.4, 0.5) is 0 Å². The summed E-state index contributed by atoms with van der Waals surface area (Å²) < 4.78 is 25.8. The molecule has 1 aliphatic heterocycles. The molecule has 0 aliphatic carbocycles. The van der Waals surface area contributed by atoms with E-state index in [9.17, 15) is 8.42 Å². The van der Waals surface area contributed by atoms with Gasteiger partial charge in [0.25, 0.3) is 0 Å². The molecule has 1 fully saturated rings. The number of hydrogen-bond donors (Lipinski definition) is 1. The Kier molecular flexibility index (Phi) is 5.89. The van der Waals surface area contributed by atoms with Crippen LogP contribution in [0, 0.1) is 5.92 Å². The lowest BCUT2D eigenvalue weighted by Gasteiger charge is -2.30. The molecule has 1 saturated heterocycles. The van der Waals surface area contributed by atoms with Gasteiger partial charge >= 0.3 is 0 Å². The van der Waals surface area contributed by atoms with Crippen LogP contribution in [0.3, 0.4) is 0 Å². The molecule has 1 atom stereocenters. The Balaban J connectivity index is 2.34. The van der Waals surface area contributed by atoms with Crippen LogP contribution < -0.4 is 5.32 Å². The molecule has 5 heteroatoms. The van der Waals surface area contributed by atoms with E-state index in [2.05, 4.69) is 26.1 Å². The highest BCUT2D eigenvalue weighted by Gasteiger charge is 2.26. The number of sulfonamides is 1. The summed E-state index contributed by atoms with van der Waals surface area (Å²) in [6.45, 7) is 8.47. The van der Waals surface area contributed by atoms with Gasteiger partial charge in [-0.25, -0.2) is 12.7 Å². The molecule has 0 radical (unpaired) electrons. The Morgan fingerprint density at radius 1 is 1.41 bits per heavy atom. The molecule has 17 heavy (non-hydrogen) atoms. The Labute approximate surface area is 106 Å². The van der Waals surface area contributed by atoms with Gasteiger partial charge in [0, 0.05) is 19.1 Å². The molecule has 1 unspecified atom stereocenters. The highest BCUT2D eigenvalue weighted by Crippen LogP contribution is 2.18. The second-order valence-corrected chi connectivity index (χ2v) is 7.47. The Morgan fingerprint density at radius 2 is 2.12 bits per heavy atom. The molecular weight excluding hydrogens is 236 g/mol. The topological polar surface area (TPSA) is 49.4 Å². The van der Waals surface area contributed by atoms with E-state index in [0.717, 1.165) is 19.4 Å². The molecule has 0 amide bonds. The molecule has 102 valence electrons. The molecule has 0 saturated carbocycles. The molecule has 1 heterocycles. The fraction of sp³-hybridized carbons (Fsp3) is 1.00. The summed E-state index contributed by atoms with van der Waals surface area (Å²) in [4.78, 5) is 0. The van der Waals surface area contributed by atoms with Crippen molar-refractivity contribution in [3.8, 4) is 0 Å². The summed E-state index contributed by atoms with van der Waals surface area (Å²) in [5.41, 5.74) is 0. The molecule has 0 aromatic rings. The molecular formula is C12H26N2O2S. The predicted molar refractivity (Wildman–Crippen MR) is 71.5 cm³/mol. The van der Waals surface area contributed by atoms with Crippen LogP contribution in [0.25, 0.3) is 0 Å². The van der Waals surface area contributed by atoms with E-state index in [1.54, 1.807) is 4.31 Å². The Bertz CT molecular complexity index is 314. The Hall–Kier alpha value is -0.130. The van der Waals surface area contributed by atoms with Gasteiger partial charge < -0.3 is 5.32 Å². The largest absolute Gasteiger partial charge is 0.314 e. The van der Waals surface area contributed by atoms with Gasteiger partial charge in [-0.3, -0.25) is 0 Å². The van der Waals surface area contributed by atoms with Gasteiger partial charge in [0.05, 0.1) is 5.75 Å². The summed E-state index contributed by atoms with van der Waals surface area (Å²) in [7, 11) is -3.02. The van der Waals surface area contributed by atoms with Crippen molar-refractivity contribution < 1.29 is 8.42 Å². The monoisotopic (exact) mass is 262 g/mol. The van der Waals surface area contributed by atoms with Gasteiger partial charge in [0.15, 0.2) is 0 Å². The highest BCUT2D eigenvalue weighted by atomic mass is 32.2. The summed E-state index contributed by atoms with van der Waals surface area (Å²) in [6, 6.07) is 0.424. The first-order valence-corrected chi connectivity index (χ1v) is 8.24. The molecule has 0 aromatic heterocycles. The van der Waals surface area contributed by atoms with Crippen molar-refractivity contribution in [1.29, 1.82) is 0 Å². The first kappa shape index (κ1) is 14.9. The highest BCUT2D eigenvalue weighted by molar-refractivity contribution is 7.89. The molecule has 0 spiro atoms. The van der Waals surface area contributed by atoms with Crippen LogP contribution in [0.1, 0.15) is 40.0 Å². The number of nitrogens with one attached hydrogen (secondary N) is 1. The predicted octanol–water partition coefficient (Wildman–Crippen LogP) is 1.44. The van der Waals surface area contributed by atoms with Crippen molar-refractivity contribution in [2.75, 3.05) is 25.4 Å². The summed E-state index contributed by atoms with van der Waals surface area (Å²) in [6.07, 6.45) is 2.86. The molecule has 1 aliphatic rings. The molecule has 1 rings (SSSR count). The number of hydrogen-bond acceptors (Lipinski definition) is 3. The van der Waals surface area contributed by atoms with Crippen molar-refractivity contribution >= 4 is 10.0 Å². The fourth-order valence-electron chi connectivity index (χ4n) is 2.17. The van der Waals surface area contributed by atoms with E-state index >= 15 is 0 Å². The normalized spacial score (nSPS) is 23.2. The fourth-order valence-corrected chi connectivity index (χ4v) is 3.83. The summed E-state index contributed by atoms with van der Waals surface area (Å²) in [5, 5.41) is 3.25. The molecule has 1 N–H and O–H groups in total. The smallest absolute Gasteiger partial charge is 0.214 e. The van der Waals surface area contributed by atoms with Crippen LogP contribution in [-0.4, -0.2) is 44.2 Å². The van der Waals surface area contributed by atoms with Gasteiger partial charge in [0.1, 0.15) is 0 Å². The first-order chi connectivity index (χ1) is 7.92. The second kappa shape index (κ2) is 6.71. The van der Waals surface area contributed by atoms with Gasteiger partial charge in [-0.1, -0.05) is 20.8 Å². The van der Waals surface area contributed by atoms with Crippen molar-refractivity contribution in [1.82, 2.24) is 9.62 Å². The van der Waals surface area contributed by atoms with Crippen LogP contribution in [-0.2, 0) is 10.0 Å².